The Balaban J connectivity index is 2.31. The van der Waals surface area contributed by atoms with Gasteiger partial charge in [0.25, 0.3) is 0 Å². The van der Waals surface area contributed by atoms with Crippen LogP contribution in [0.3, 0.4) is 0 Å². The van der Waals surface area contributed by atoms with Crippen LogP contribution in [0.25, 0.3) is 6.08 Å². The lowest BCUT2D eigenvalue weighted by Crippen LogP contribution is -2.41. The molecule has 24 heavy (non-hydrogen) atoms. The molecule has 0 aliphatic carbocycles. The molecule has 0 aromatic heterocycles. The van der Waals surface area contributed by atoms with E-state index in [9.17, 15) is 8.78 Å². The summed E-state index contributed by atoms with van der Waals surface area (Å²) in [6.45, 7) is 7.24. The molecular weight excluding hydrogens is 313 g/mol. The summed E-state index contributed by atoms with van der Waals surface area (Å²) in [4.78, 5) is 0. The van der Waals surface area contributed by atoms with Crippen LogP contribution in [0.1, 0.15) is 45.2 Å². The summed E-state index contributed by atoms with van der Waals surface area (Å²) in [6.07, 6.45) is 1.47. The van der Waals surface area contributed by atoms with Crippen molar-refractivity contribution >= 4 is 13.2 Å². The van der Waals surface area contributed by atoms with Gasteiger partial charge in [-0.3, -0.25) is 0 Å². The summed E-state index contributed by atoms with van der Waals surface area (Å²) in [6, 6.07) is 3.93. The molecule has 1 aliphatic heterocycles. The van der Waals surface area contributed by atoms with Crippen LogP contribution in [0.2, 0.25) is 0 Å². The van der Waals surface area contributed by atoms with Crippen LogP contribution in [0.15, 0.2) is 23.9 Å². The first-order valence-corrected chi connectivity index (χ1v) is 7.78. The molecule has 128 valence electrons. The molecule has 0 atom stereocenters. The van der Waals surface area contributed by atoms with E-state index in [1.54, 1.807) is 0 Å². The lowest BCUT2D eigenvalue weighted by atomic mass is 9.86. The Morgan fingerprint density at radius 2 is 1.88 bits per heavy atom. The third kappa shape index (κ3) is 4.04. The molecule has 0 saturated carbocycles. The highest BCUT2D eigenvalue weighted by Gasteiger charge is 2.53. The van der Waals surface area contributed by atoms with Crippen molar-refractivity contribution in [3.05, 3.63) is 40.9 Å². The molecule has 0 amide bonds. The van der Waals surface area contributed by atoms with Crippen molar-refractivity contribution in [2.45, 2.75) is 45.3 Å². The number of hydrogen-bond donors (Lipinski definition) is 1. The minimum absolute atomic E-state index is 0.0678. The third-order valence-electron chi connectivity index (χ3n) is 4.25. The maximum atomic E-state index is 14.6. The molecule has 1 aromatic rings. The van der Waals surface area contributed by atoms with Crippen molar-refractivity contribution in [3.63, 3.8) is 0 Å². The summed E-state index contributed by atoms with van der Waals surface area (Å²) < 4.78 is 39.4. The number of hydrogen-bond acceptors (Lipinski definition) is 3. The number of aliphatic hydroxyl groups excluding tert-OH is 1. The van der Waals surface area contributed by atoms with Crippen LogP contribution in [0, 0.1) is 17.7 Å². The van der Waals surface area contributed by atoms with Crippen LogP contribution in [-0.4, -0.2) is 30.0 Å². The number of rotatable bonds is 3. The van der Waals surface area contributed by atoms with Crippen molar-refractivity contribution in [3.8, 4) is 11.8 Å². The molecule has 0 bridgehead atoms. The zero-order valence-electron chi connectivity index (χ0n) is 14.3. The highest BCUT2D eigenvalue weighted by Crippen LogP contribution is 2.39. The molecule has 1 aromatic carbocycles. The monoisotopic (exact) mass is 334 g/mol. The van der Waals surface area contributed by atoms with Gasteiger partial charge in [0.15, 0.2) is 0 Å². The zero-order valence-corrected chi connectivity index (χ0v) is 14.3. The zero-order chi connectivity index (χ0) is 18.0. The highest BCUT2D eigenvalue weighted by atomic mass is 19.1. The van der Waals surface area contributed by atoms with Gasteiger partial charge in [-0.25, -0.2) is 8.78 Å². The summed E-state index contributed by atoms with van der Waals surface area (Å²) in [7, 11) is -1.14. The predicted molar refractivity (Wildman–Crippen MR) is 90.1 cm³/mol. The van der Waals surface area contributed by atoms with Gasteiger partial charge >= 0.3 is 7.12 Å². The van der Waals surface area contributed by atoms with Crippen LogP contribution in [0.5, 0.6) is 0 Å². The van der Waals surface area contributed by atoms with Gasteiger partial charge in [0, 0.05) is 12.0 Å². The fourth-order valence-corrected chi connectivity index (χ4v) is 2.15. The van der Waals surface area contributed by atoms with Crippen LogP contribution in [0.4, 0.5) is 8.78 Å². The topological polar surface area (TPSA) is 38.7 Å². The number of halogens is 2. The minimum Gasteiger partial charge on any atom is -0.398 e. The lowest BCUT2D eigenvalue weighted by molar-refractivity contribution is 0.00578. The van der Waals surface area contributed by atoms with E-state index in [1.807, 2.05) is 27.7 Å². The second kappa shape index (κ2) is 7.06. The van der Waals surface area contributed by atoms with E-state index in [0.29, 0.717) is 17.5 Å². The molecule has 1 N–H and O–H groups in total. The number of aliphatic hydroxyl groups is 1. The van der Waals surface area contributed by atoms with Gasteiger partial charge in [0.1, 0.15) is 11.5 Å². The van der Waals surface area contributed by atoms with Crippen molar-refractivity contribution in [2.24, 2.45) is 0 Å². The van der Waals surface area contributed by atoms with Crippen molar-refractivity contribution in [1.82, 2.24) is 0 Å². The van der Waals surface area contributed by atoms with Crippen LogP contribution < -0.4 is 0 Å². The Morgan fingerprint density at radius 3 is 2.46 bits per heavy atom. The normalized spacial score (nSPS) is 19.1. The third-order valence-corrected chi connectivity index (χ3v) is 4.25. The van der Waals surface area contributed by atoms with Crippen molar-refractivity contribution in [1.29, 1.82) is 0 Å². The van der Waals surface area contributed by atoms with Gasteiger partial charge in [-0.15, -0.1) is 0 Å². The van der Waals surface area contributed by atoms with Gasteiger partial charge in [-0.05, 0) is 57.5 Å². The first-order valence-electron chi connectivity index (χ1n) is 7.78. The Hall–Kier alpha value is -1.68. The largest absolute Gasteiger partial charge is 0.525 e. The smallest absolute Gasteiger partial charge is 0.398 e. The average Bonchev–Trinajstić information content (AvgIpc) is 2.70. The van der Waals surface area contributed by atoms with Crippen LogP contribution >= 0.6 is 0 Å². The van der Waals surface area contributed by atoms with E-state index in [1.165, 1.54) is 24.3 Å². The summed E-state index contributed by atoms with van der Waals surface area (Å²) in [5, 5.41) is 8.78. The summed E-state index contributed by atoms with van der Waals surface area (Å²) in [5.41, 5.74) is -1.20. The molecule has 1 heterocycles. The Bertz CT molecular complexity index is 686. The van der Waals surface area contributed by atoms with E-state index in [-0.39, 0.29) is 6.61 Å². The van der Waals surface area contributed by atoms with Gasteiger partial charge in [-0.1, -0.05) is 11.8 Å². The molecular formula is C18H21BF2O3. The van der Waals surface area contributed by atoms with Crippen molar-refractivity contribution < 1.29 is 23.2 Å². The highest BCUT2D eigenvalue weighted by molar-refractivity contribution is 6.54. The number of benzene rings is 1. The molecule has 0 unspecified atom stereocenters. The van der Waals surface area contributed by atoms with E-state index in [4.69, 9.17) is 14.4 Å². The van der Waals surface area contributed by atoms with E-state index < -0.39 is 29.9 Å². The van der Waals surface area contributed by atoms with E-state index >= 15 is 0 Å². The maximum absolute atomic E-state index is 14.6. The summed E-state index contributed by atoms with van der Waals surface area (Å²) in [5.74, 6) is 5.05. The Labute approximate surface area is 141 Å². The first-order chi connectivity index (χ1) is 11.2. The Kier molecular flexibility index (Phi) is 5.49. The molecule has 3 nitrogen and oxygen atoms in total. The second-order valence-electron chi connectivity index (χ2n) is 6.62. The standard InChI is InChI=1S/C18H21BF2O3/c1-17(2)18(3,4)24-19(23-17)16(21)12-14-11-15(20)9-8-13(14)7-5-6-10-22/h8-9,11-12,22H,6,10H2,1-4H3. The minimum atomic E-state index is -1.14. The SMILES string of the molecule is CC1(C)OB(C(F)=Cc2cc(F)ccc2C#CCCO)OC1(C)C. The molecule has 1 aliphatic rings. The quantitative estimate of drug-likeness (QED) is 0.679. The second-order valence-corrected chi connectivity index (χ2v) is 6.62. The Morgan fingerprint density at radius 1 is 1.25 bits per heavy atom. The van der Waals surface area contributed by atoms with E-state index in [2.05, 4.69) is 11.8 Å². The maximum Gasteiger partial charge on any atom is 0.525 e. The predicted octanol–water partition coefficient (Wildman–Crippen LogP) is 3.50. The van der Waals surface area contributed by atoms with Gasteiger partial charge < -0.3 is 14.4 Å². The first kappa shape index (κ1) is 18.7. The van der Waals surface area contributed by atoms with E-state index in [0.717, 1.165) is 0 Å². The molecule has 0 spiro atoms. The molecule has 0 radical (unpaired) electrons. The lowest BCUT2D eigenvalue weighted by Gasteiger charge is -2.32. The molecule has 2 rings (SSSR count). The van der Waals surface area contributed by atoms with Gasteiger partial charge in [0.05, 0.1) is 17.8 Å². The average molecular weight is 334 g/mol. The van der Waals surface area contributed by atoms with Gasteiger partial charge in [-0.2, -0.15) is 0 Å². The molecule has 6 heteroatoms. The molecule has 1 saturated heterocycles. The fraction of sp³-hybridized carbons (Fsp3) is 0.444. The summed E-state index contributed by atoms with van der Waals surface area (Å²) >= 11 is 0. The fourth-order valence-electron chi connectivity index (χ4n) is 2.15. The molecule has 1 fully saturated rings. The van der Waals surface area contributed by atoms with Crippen molar-refractivity contribution in [2.75, 3.05) is 6.61 Å². The van der Waals surface area contributed by atoms with Crippen LogP contribution in [-0.2, 0) is 9.31 Å². The van der Waals surface area contributed by atoms with Gasteiger partial charge in [0.2, 0.25) is 0 Å².